The quantitative estimate of drug-likeness (QED) is 0.721. The molecule has 3 unspecified atom stereocenters. The number of hydrogen-bond acceptors (Lipinski definition) is 4. The summed E-state index contributed by atoms with van der Waals surface area (Å²) in [5.74, 6) is 0.234. The van der Waals surface area contributed by atoms with E-state index in [1.807, 2.05) is 4.90 Å². The van der Waals surface area contributed by atoms with Gasteiger partial charge in [-0.05, 0) is 25.7 Å². The van der Waals surface area contributed by atoms with Crippen molar-refractivity contribution in [3.8, 4) is 0 Å². The maximum Gasteiger partial charge on any atom is 0.224 e. The van der Waals surface area contributed by atoms with Crippen LogP contribution in [0.5, 0.6) is 0 Å². The van der Waals surface area contributed by atoms with E-state index < -0.39 is 0 Å². The Morgan fingerprint density at radius 1 is 1.33 bits per heavy atom. The van der Waals surface area contributed by atoms with Crippen LogP contribution in [0.4, 0.5) is 0 Å². The van der Waals surface area contributed by atoms with Gasteiger partial charge in [-0.25, -0.2) is 0 Å². The molecule has 3 aliphatic heterocycles. The summed E-state index contributed by atoms with van der Waals surface area (Å²) in [6.45, 7) is 2.22. The van der Waals surface area contributed by atoms with Gasteiger partial charge in [0.15, 0.2) is 0 Å². The molecule has 1 amide bonds. The van der Waals surface area contributed by atoms with Gasteiger partial charge in [-0.3, -0.25) is 4.79 Å². The van der Waals surface area contributed by atoms with Gasteiger partial charge in [0.05, 0.1) is 19.3 Å². The molecule has 0 aliphatic carbocycles. The molecule has 18 heavy (non-hydrogen) atoms. The van der Waals surface area contributed by atoms with Crippen LogP contribution in [0, 0.1) is 0 Å². The molecule has 3 atom stereocenters. The predicted octanol–water partition coefficient (Wildman–Crippen LogP) is -0.121. The number of nitrogens with one attached hydrogen (secondary N) is 1. The molecule has 5 heteroatoms. The minimum Gasteiger partial charge on any atom is -0.393 e. The van der Waals surface area contributed by atoms with E-state index >= 15 is 0 Å². The maximum atomic E-state index is 12.4. The van der Waals surface area contributed by atoms with Gasteiger partial charge >= 0.3 is 0 Å². The normalized spacial score (nSPS) is 39.9. The molecule has 0 radical (unpaired) electrons. The van der Waals surface area contributed by atoms with Gasteiger partial charge in [0, 0.05) is 31.1 Å². The number of morpholine rings is 1. The molecule has 0 saturated carbocycles. The van der Waals surface area contributed by atoms with Crippen molar-refractivity contribution in [1.29, 1.82) is 0 Å². The number of carbonyl (C=O) groups excluding carboxylic acids is 1. The van der Waals surface area contributed by atoms with Crippen LogP contribution >= 0.6 is 0 Å². The van der Waals surface area contributed by atoms with E-state index in [1.165, 1.54) is 0 Å². The van der Waals surface area contributed by atoms with Crippen LogP contribution in [-0.4, -0.2) is 59.9 Å². The van der Waals surface area contributed by atoms with Gasteiger partial charge in [-0.2, -0.15) is 0 Å². The Morgan fingerprint density at radius 2 is 2.06 bits per heavy atom. The number of rotatable bonds is 2. The molecule has 0 aromatic heterocycles. The number of fused-ring (bicyclic) bond motifs is 2. The van der Waals surface area contributed by atoms with Crippen molar-refractivity contribution >= 4 is 5.91 Å². The number of carbonyl (C=O) groups is 1. The second kappa shape index (κ2) is 5.15. The van der Waals surface area contributed by atoms with Crippen molar-refractivity contribution in [3.63, 3.8) is 0 Å². The van der Waals surface area contributed by atoms with Crippen LogP contribution in [0.1, 0.15) is 32.1 Å². The lowest BCUT2D eigenvalue weighted by atomic mass is 9.99. The fourth-order valence-corrected chi connectivity index (χ4v) is 3.62. The van der Waals surface area contributed by atoms with Crippen molar-refractivity contribution in [2.24, 2.45) is 0 Å². The molecule has 5 nitrogen and oxygen atoms in total. The molecule has 3 saturated heterocycles. The van der Waals surface area contributed by atoms with E-state index in [4.69, 9.17) is 4.74 Å². The first-order valence-corrected chi connectivity index (χ1v) is 7.04. The Bertz CT molecular complexity index is 303. The van der Waals surface area contributed by atoms with Gasteiger partial charge < -0.3 is 20.1 Å². The van der Waals surface area contributed by atoms with Crippen LogP contribution in [0.15, 0.2) is 0 Å². The largest absolute Gasteiger partial charge is 0.393 e. The Morgan fingerprint density at radius 3 is 2.67 bits per heavy atom. The lowest BCUT2D eigenvalue weighted by molar-refractivity contribution is -0.138. The van der Waals surface area contributed by atoms with Crippen LogP contribution in [-0.2, 0) is 9.53 Å². The average molecular weight is 254 g/mol. The Balaban J connectivity index is 1.59. The minimum absolute atomic E-state index is 0.164. The molecular formula is C13H22N2O3. The predicted molar refractivity (Wildman–Crippen MR) is 66.1 cm³/mol. The summed E-state index contributed by atoms with van der Waals surface area (Å²) in [6, 6.07) is 0.712. The van der Waals surface area contributed by atoms with E-state index in [1.54, 1.807) is 0 Å². The molecule has 2 bridgehead atoms. The SMILES string of the molecule is O=C(CC1COCCN1)N1C2CCC1CC(O)C2. The van der Waals surface area contributed by atoms with Crippen molar-refractivity contribution < 1.29 is 14.6 Å². The topological polar surface area (TPSA) is 61.8 Å². The van der Waals surface area contributed by atoms with Crippen LogP contribution in [0.2, 0.25) is 0 Å². The lowest BCUT2D eigenvalue weighted by Crippen LogP contribution is -2.51. The highest BCUT2D eigenvalue weighted by Gasteiger charge is 2.42. The van der Waals surface area contributed by atoms with Crippen LogP contribution in [0.25, 0.3) is 0 Å². The summed E-state index contributed by atoms with van der Waals surface area (Å²) in [6.07, 6.45) is 3.96. The summed E-state index contributed by atoms with van der Waals surface area (Å²) in [5.41, 5.74) is 0. The molecule has 0 aromatic rings. The molecule has 3 aliphatic rings. The number of ether oxygens (including phenoxy) is 1. The summed E-state index contributed by atoms with van der Waals surface area (Å²) >= 11 is 0. The minimum atomic E-state index is -0.206. The van der Waals surface area contributed by atoms with E-state index in [2.05, 4.69) is 5.32 Å². The molecule has 3 heterocycles. The molecule has 0 spiro atoms. The Kier molecular flexibility index (Phi) is 3.54. The molecule has 2 N–H and O–H groups in total. The number of hydrogen-bond donors (Lipinski definition) is 2. The number of aliphatic hydroxyl groups is 1. The van der Waals surface area contributed by atoms with E-state index in [0.717, 1.165) is 38.8 Å². The van der Waals surface area contributed by atoms with Crippen molar-refractivity contribution in [2.75, 3.05) is 19.8 Å². The summed E-state index contributed by atoms with van der Waals surface area (Å²) in [7, 11) is 0. The fourth-order valence-electron chi connectivity index (χ4n) is 3.62. The van der Waals surface area contributed by atoms with Crippen molar-refractivity contribution in [3.05, 3.63) is 0 Å². The zero-order chi connectivity index (χ0) is 12.5. The number of aliphatic hydroxyl groups excluding tert-OH is 1. The Labute approximate surface area is 107 Å². The maximum absolute atomic E-state index is 12.4. The molecule has 0 aromatic carbocycles. The molecule has 3 rings (SSSR count). The standard InChI is InChI=1S/C13H22N2O3/c16-12-6-10-1-2-11(7-12)15(10)13(17)5-9-8-18-4-3-14-9/h9-12,14,16H,1-8H2. The third-order valence-corrected chi connectivity index (χ3v) is 4.42. The van der Waals surface area contributed by atoms with Gasteiger partial charge in [0.1, 0.15) is 0 Å². The highest BCUT2D eigenvalue weighted by atomic mass is 16.5. The highest BCUT2D eigenvalue weighted by Crippen LogP contribution is 2.36. The summed E-state index contributed by atoms with van der Waals surface area (Å²) in [5, 5.41) is 13.1. The zero-order valence-electron chi connectivity index (χ0n) is 10.7. The van der Waals surface area contributed by atoms with Gasteiger partial charge in [-0.1, -0.05) is 0 Å². The van der Waals surface area contributed by atoms with E-state index in [-0.39, 0.29) is 30.1 Å². The van der Waals surface area contributed by atoms with Crippen molar-refractivity contribution in [1.82, 2.24) is 10.2 Å². The third-order valence-electron chi connectivity index (χ3n) is 4.42. The second-order valence-electron chi connectivity index (χ2n) is 5.74. The first kappa shape index (κ1) is 12.4. The Hall–Kier alpha value is -0.650. The zero-order valence-corrected chi connectivity index (χ0v) is 10.7. The fraction of sp³-hybridized carbons (Fsp3) is 0.923. The lowest BCUT2D eigenvalue weighted by Gasteiger charge is -2.38. The van der Waals surface area contributed by atoms with Crippen LogP contribution < -0.4 is 5.32 Å². The smallest absolute Gasteiger partial charge is 0.224 e. The summed E-state index contributed by atoms with van der Waals surface area (Å²) in [4.78, 5) is 14.4. The first-order chi connectivity index (χ1) is 8.74. The van der Waals surface area contributed by atoms with E-state index in [0.29, 0.717) is 13.0 Å². The average Bonchev–Trinajstić information content (AvgIpc) is 2.63. The summed E-state index contributed by atoms with van der Waals surface area (Å²) < 4.78 is 5.38. The molecular weight excluding hydrogens is 232 g/mol. The monoisotopic (exact) mass is 254 g/mol. The molecule has 3 fully saturated rings. The number of piperidine rings is 1. The first-order valence-electron chi connectivity index (χ1n) is 7.04. The van der Waals surface area contributed by atoms with Crippen LogP contribution in [0.3, 0.4) is 0 Å². The van der Waals surface area contributed by atoms with Gasteiger partial charge in [-0.15, -0.1) is 0 Å². The van der Waals surface area contributed by atoms with Gasteiger partial charge in [0.25, 0.3) is 0 Å². The highest BCUT2D eigenvalue weighted by molar-refractivity contribution is 5.78. The number of amides is 1. The number of nitrogens with zero attached hydrogens (tertiary/aromatic N) is 1. The molecule has 102 valence electrons. The van der Waals surface area contributed by atoms with Gasteiger partial charge in [0.2, 0.25) is 5.91 Å². The third kappa shape index (κ3) is 2.39. The second-order valence-corrected chi connectivity index (χ2v) is 5.74. The van der Waals surface area contributed by atoms with Crippen molar-refractivity contribution in [2.45, 2.75) is 56.3 Å². The van der Waals surface area contributed by atoms with E-state index in [9.17, 15) is 9.90 Å².